The van der Waals surface area contributed by atoms with Gasteiger partial charge in [0.15, 0.2) is 0 Å². The first-order chi connectivity index (χ1) is 10.0. The number of ether oxygens (including phenoxy) is 1. The van der Waals surface area contributed by atoms with Crippen LogP contribution in [0, 0.1) is 5.92 Å². The molecule has 0 aromatic carbocycles. The van der Waals surface area contributed by atoms with Crippen LogP contribution >= 0.6 is 0 Å². The molecule has 2 aliphatic rings. The van der Waals surface area contributed by atoms with Gasteiger partial charge in [-0.05, 0) is 33.1 Å². The Bertz CT molecular complexity index is 608. The van der Waals surface area contributed by atoms with Crippen LogP contribution in [0.2, 0.25) is 0 Å². The standard InChI is InChI=1S/C13H16F3N3O3/c1-11(2,3)22-10(20)19-5-7-4-12(7,6-19)8-17-18-9(21-8)13(14,15)16/h7H,4-6H2,1-3H3. The van der Waals surface area contributed by atoms with Crippen molar-refractivity contribution in [2.24, 2.45) is 5.92 Å². The molecule has 2 heterocycles. The van der Waals surface area contributed by atoms with Crippen molar-refractivity contribution in [2.45, 2.75) is 44.4 Å². The maximum atomic E-state index is 12.5. The lowest BCUT2D eigenvalue weighted by atomic mass is 10.1. The summed E-state index contributed by atoms with van der Waals surface area (Å²) in [6.45, 7) is 5.94. The van der Waals surface area contributed by atoms with Crippen molar-refractivity contribution < 1.29 is 27.1 Å². The fraction of sp³-hybridized carbons (Fsp3) is 0.769. The molecule has 22 heavy (non-hydrogen) atoms. The number of alkyl halides is 3. The third-order valence-electron chi connectivity index (χ3n) is 3.89. The number of fused-ring (bicyclic) bond motifs is 1. The molecular formula is C13H16F3N3O3. The molecule has 2 fully saturated rings. The first kappa shape index (κ1) is 15.1. The first-order valence-corrected chi connectivity index (χ1v) is 6.90. The smallest absolute Gasteiger partial charge is 0.444 e. The Morgan fingerprint density at radius 1 is 1.36 bits per heavy atom. The van der Waals surface area contributed by atoms with Gasteiger partial charge in [-0.1, -0.05) is 0 Å². The van der Waals surface area contributed by atoms with Crippen molar-refractivity contribution in [1.82, 2.24) is 15.1 Å². The van der Waals surface area contributed by atoms with E-state index in [4.69, 9.17) is 9.15 Å². The van der Waals surface area contributed by atoms with Gasteiger partial charge in [-0.15, -0.1) is 10.2 Å². The highest BCUT2D eigenvalue weighted by Crippen LogP contribution is 2.58. The van der Waals surface area contributed by atoms with Gasteiger partial charge < -0.3 is 14.1 Å². The van der Waals surface area contributed by atoms with Crippen LogP contribution in [0.25, 0.3) is 0 Å². The molecule has 0 N–H and O–H groups in total. The molecule has 122 valence electrons. The molecule has 1 amide bonds. The topological polar surface area (TPSA) is 68.5 Å². The number of hydrogen-bond acceptors (Lipinski definition) is 5. The minimum Gasteiger partial charge on any atom is -0.444 e. The molecular weight excluding hydrogens is 303 g/mol. The summed E-state index contributed by atoms with van der Waals surface area (Å²) in [7, 11) is 0. The van der Waals surface area contributed by atoms with E-state index in [1.807, 2.05) is 0 Å². The fourth-order valence-electron chi connectivity index (χ4n) is 2.82. The van der Waals surface area contributed by atoms with Gasteiger partial charge in [-0.25, -0.2) is 4.79 Å². The predicted octanol–water partition coefficient (Wildman–Crippen LogP) is 2.60. The highest BCUT2D eigenvalue weighted by Gasteiger charge is 2.66. The predicted molar refractivity (Wildman–Crippen MR) is 66.9 cm³/mol. The summed E-state index contributed by atoms with van der Waals surface area (Å²) < 4.78 is 47.7. The minimum absolute atomic E-state index is 0.0431. The third-order valence-corrected chi connectivity index (χ3v) is 3.89. The van der Waals surface area contributed by atoms with E-state index >= 15 is 0 Å². The molecule has 1 aliphatic carbocycles. The second-order valence-electron chi connectivity index (χ2n) is 6.83. The number of halogens is 3. The molecule has 3 rings (SSSR count). The number of piperidine rings is 1. The Hall–Kier alpha value is -1.80. The van der Waals surface area contributed by atoms with Crippen molar-refractivity contribution in [3.05, 3.63) is 11.8 Å². The Morgan fingerprint density at radius 3 is 2.59 bits per heavy atom. The number of likely N-dealkylation sites (tertiary alicyclic amines) is 1. The second-order valence-corrected chi connectivity index (χ2v) is 6.83. The summed E-state index contributed by atoms with van der Waals surface area (Å²) in [5, 5.41) is 6.59. The van der Waals surface area contributed by atoms with Crippen LogP contribution in [0.15, 0.2) is 4.42 Å². The molecule has 2 unspecified atom stereocenters. The zero-order chi connectivity index (χ0) is 16.3. The first-order valence-electron chi connectivity index (χ1n) is 6.90. The average Bonchev–Trinajstić information content (AvgIpc) is 2.79. The van der Waals surface area contributed by atoms with Gasteiger partial charge in [0.1, 0.15) is 5.60 Å². The Labute approximate surface area is 124 Å². The molecule has 2 atom stereocenters. The largest absolute Gasteiger partial charge is 0.470 e. The van der Waals surface area contributed by atoms with E-state index in [0.717, 1.165) is 0 Å². The molecule has 0 bridgehead atoms. The summed E-state index contributed by atoms with van der Waals surface area (Å²) in [5.41, 5.74) is -1.27. The van der Waals surface area contributed by atoms with Crippen LogP contribution in [0.3, 0.4) is 0 Å². The second kappa shape index (κ2) is 4.36. The van der Waals surface area contributed by atoms with Crippen LogP contribution < -0.4 is 0 Å². The van der Waals surface area contributed by atoms with Crippen molar-refractivity contribution in [3.8, 4) is 0 Å². The maximum Gasteiger partial charge on any atom is 0.470 e. The van der Waals surface area contributed by atoms with E-state index < -0.39 is 29.2 Å². The lowest BCUT2D eigenvalue weighted by Crippen LogP contribution is -2.37. The summed E-state index contributed by atoms with van der Waals surface area (Å²) in [4.78, 5) is 13.5. The molecule has 0 radical (unpaired) electrons. The number of carbonyl (C=O) groups is 1. The summed E-state index contributed by atoms with van der Waals surface area (Å²) in [6, 6.07) is 0. The molecule has 1 saturated heterocycles. The lowest BCUT2D eigenvalue weighted by molar-refractivity contribution is -0.157. The number of aromatic nitrogens is 2. The van der Waals surface area contributed by atoms with Gasteiger partial charge in [0.05, 0.1) is 5.41 Å². The van der Waals surface area contributed by atoms with Gasteiger partial charge >= 0.3 is 18.2 Å². The van der Waals surface area contributed by atoms with E-state index in [1.165, 1.54) is 4.90 Å². The molecule has 9 heteroatoms. The van der Waals surface area contributed by atoms with Crippen molar-refractivity contribution in [1.29, 1.82) is 0 Å². The van der Waals surface area contributed by atoms with Crippen LogP contribution in [0.1, 0.15) is 39.0 Å². The lowest BCUT2D eigenvalue weighted by Gasteiger charge is -2.25. The van der Waals surface area contributed by atoms with Crippen LogP contribution in [0.4, 0.5) is 18.0 Å². The summed E-state index contributed by atoms with van der Waals surface area (Å²) >= 11 is 0. The van der Waals surface area contributed by atoms with Crippen molar-refractivity contribution in [2.75, 3.05) is 13.1 Å². The SMILES string of the molecule is CC(C)(C)OC(=O)N1CC2CC2(c2nnc(C(F)(F)F)o2)C1. The van der Waals surface area contributed by atoms with E-state index in [0.29, 0.717) is 13.0 Å². The normalized spacial score (nSPS) is 27.7. The Morgan fingerprint density at radius 2 is 2.05 bits per heavy atom. The van der Waals surface area contributed by atoms with Gasteiger partial charge in [0.25, 0.3) is 0 Å². The van der Waals surface area contributed by atoms with Crippen LogP contribution in [-0.2, 0) is 16.3 Å². The zero-order valence-corrected chi connectivity index (χ0v) is 12.4. The molecule has 1 saturated carbocycles. The van der Waals surface area contributed by atoms with Gasteiger partial charge in [0.2, 0.25) is 5.89 Å². The van der Waals surface area contributed by atoms with Gasteiger partial charge in [0, 0.05) is 13.1 Å². The van der Waals surface area contributed by atoms with E-state index in [1.54, 1.807) is 20.8 Å². The molecule has 1 aromatic rings. The van der Waals surface area contributed by atoms with Crippen LogP contribution in [-0.4, -0.2) is 39.9 Å². The average molecular weight is 319 g/mol. The van der Waals surface area contributed by atoms with E-state index in [-0.39, 0.29) is 18.4 Å². The number of hydrogen-bond donors (Lipinski definition) is 0. The number of rotatable bonds is 1. The monoisotopic (exact) mass is 319 g/mol. The molecule has 6 nitrogen and oxygen atoms in total. The Balaban J connectivity index is 1.72. The summed E-state index contributed by atoms with van der Waals surface area (Å²) in [6.07, 6.45) is -4.49. The number of nitrogens with zero attached hydrogens (tertiary/aromatic N) is 3. The highest BCUT2D eigenvalue weighted by atomic mass is 19.4. The van der Waals surface area contributed by atoms with Crippen molar-refractivity contribution >= 4 is 6.09 Å². The quantitative estimate of drug-likeness (QED) is 0.796. The molecule has 0 spiro atoms. The maximum absolute atomic E-state index is 12.5. The molecule has 1 aliphatic heterocycles. The van der Waals surface area contributed by atoms with E-state index in [2.05, 4.69) is 10.2 Å². The Kier molecular flexibility index (Phi) is 2.99. The molecule has 1 aromatic heterocycles. The third kappa shape index (κ3) is 2.52. The van der Waals surface area contributed by atoms with Crippen LogP contribution in [0.5, 0.6) is 0 Å². The van der Waals surface area contributed by atoms with Gasteiger partial charge in [-0.3, -0.25) is 0 Å². The number of amides is 1. The minimum atomic E-state index is -4.66. The fourth-order valence-corrected chi connectivity index (χ4v) is 2.82. The number of carbonyl (C=O) groups excluding carboxylic acids is 1. The van der Waals surface area contributed by atoms with Gasteiger partial charge in [-0.2, -0.15) is 13.2 Å². The van der Waals surface area contributed by atoms with E-state index in [9.17, 15) is 18.0 Å². The summed E-state index contributed by atoms with van der Waals surface area (Å²) in [5.74, 6) is -1.35. The zero-order valence-electron chi connectivity index (χ0n) is 12.4. The highest BCUT2D eigenvalue weighted by molar-refractivity contribution is 5.69. The van der Waals surface area contributed by atoms with Crippen molar-refractivity contribution in [3.63, 3.8) is 0 Å².